The van der Waals surface area contributed by atoms with Crippen molar-refractivity contribution in [3.05, 3.63) is 71.0 Å². The highest BCUT2D eigenvalue weighted by Crippen LogP contribution is 2.19. The van der Waals surface area contributed by atoms with E-state index in [2.05, 4.69) is 6.07 Å². The van der Waals surface area contributed by atoms with Crippen molar-refractivity contribution in [2.45, 2.75) is 6.61 Å². The molecule has 24 heavy (non-hydrogen) atoms. The first-order chi connectivity index (χ1) is 11.7. The van der Waals surface area contributed by atoms with Crippen molar-refractivity contribution < 1.29 is 14.3 Å². The smallest absolute Gasteiger partial charge is 0.344 e. The van der Waals surface area contributed by atoms with Crippen LogP contribution in [0, 0.1) is 11.3 Å². The van der Waals surface area contributed by atoms with Crippen molar-refractivity contribution in [1.82, 2.24) is 4.40 Å². The number of nitrogens with zero attached hydrogens (tertiary/aromatic N) is 2. The van der Waals surface area contributed by atoms with Gasteiger partial charge >= 0.3 is 5.97 Å². The molecule has 0 aliphatic carbocycles. The largest absolute Gasteiger partial charge is 0.482 e. The van der Waals surface area contributed by atoms with Crippen molar-refractivity contribution in [2.75, 3.05) is 6.61 Å². The van der Waals surface area contributed by atoms with Crippen LogP contribution in [0.5, 0.6) is 5.75 Å². The second-order valence-electron chi connectivity index (χ2n) is 5.04. The molecule has 5 nitrogen and oxygen atoms in total. The lowest BCUT2D eigenvalue weighted by Crippen LogP contribution is -2.14. The summed E-state index contributed by atoms with van der Waals surface area (Å²) in [6.45, 7) is -0.190. The molecule has 0 aliphatic heterocycles. The summed E-state index contributed by atoms with van der Waals surface area (Å²) in [7, 11) is 0. The van der Waals surface area contributed by atoms with Crippen LogP contribution in [-0.4, -0.2) is 17.0 Å². The van der Waals surface area contributed by atoms with Crippen molar-refractivity contribution >= 4 is 23.1 Å². The fourth-order valence-corrected chi connectivity index (χ4v) is 2.41. The monoisotopic (exact) mass is 340 g/mol. The topological polar surface area (TPSA) is 63.7 Å². The van der Waals surface area contributed by atoms with E-state index < -0.39 is 5.97 Å². The number of carbonyl (C=O) groups excluding carboxylic acids is 1. The van der Waals surface area contributed by atoms with Gasteiger partial charge in [-0.3, -0.25) is 0 Å². The molecule has 0 radical (unpaired) electrons. The minimum atomic E-state index is -0.510. The molecule has 0 aliphatic rings. The molecule has 0 saturated carbocycles. The van der Waals surface area contributed by atoms with E-state index in [9.17, 15) is 10.1 Å². The van der Waals surface area contributed by atoms with Gasteiger partial charge in [-0.05, 0) is 36.4 Å². The van der Waals surface area contributed by atoms with Crippen LogP contribution >= 0.6 is 11.6 Å². The van der Waals surface area contributed by atoms with Gasteiger partial charge in [0, 0.05) is 23.0 Å². The number of benzene rings is 1. The molecule has 0 saturated heterocycles. The number of hydrogen-bond acceptors (Lipinski definition) is 4. The molecule has 0 amide bonds. The zero-order valence-electron chi connectivity index (χ0n) is 12.6. The number of carbonyl (C=O) groups is 1. The molecule has 2 aromatic heterocycles. The fourth-order valence-electron chi connectivity index (χ4n) is 2.29. The van der Waals surface area contributed by atoms with Crippen LogP contribution in [0.1, 0.15) is 11.1 Å². The maximum Gasteiger partial charge on any atom is 0.344 e. The third-order valence-corrected chi connectivity index (χ3v) is 3.68. The SMILES string of the molecule is N#Cc1c(COC(=O)COc2ccc(Cl)cc2)cn2ccccc12. The average Bonchev–Trinajstić information content (AvgIpc) is 2.97. The van der Waals surface area contributed by atoms with Crippen LogP contribution in [0.3, 0.4) is 0 Å². The second kappa shape index (κ2) is 7.07. The van der Waals surface area contributed by atoms with Crippen molar-refractivity contribution in [2.24, 2.45) is 0 Å². The molecule has 0 spiro atoms. The summed E-state index contributed by atoms with van der Waals surface area (Å²) in [5, 5.41) is 9.90. The lowest BCUT2D eigenvalue weighted by Gasteiger charge is -2.06. The predicted molar refractivity (Wildman–Crippen MR) is 88.9 cm³/mol. The van der Waals surface area contributed by atoms with Gasteiger partial charge in [-0.2, -0.15) is 5.26 Å². The first kappa shape index (κ1) is 15.9. The van der Waals surface area contributed by atoms with Crippen molar-refractivity contribution in [3.63, 3.8) is 0 Å². The third kappa shape index (κ3) is 3.50. The lowest BCUT2D eigenvalue weighted by atomic mass is 10.2. The Hall–Kier alpha value is -2.97. The molecule has 0 atom stereocenters. The number of fused-ring (bicyclic) bond motifs is 1. The molecule has 120 valence electrons. The molecular formula is C18H13ClN2O3. The molecular weight excluding hydrogens is 328 g/mol. The summed E-state index contributed by atoms with van der Waals surface area (Å²) < 4.78 is 12.3. The van der Waals surface area contributed by atoms with E-state index in [0.29, 0.717) is 21.9 Å². The molecule has 6 heteroatoms. The Labute approximate surface area is 143 Å². The molecule has 0 fully saturated rings. The molecule has 3 rings (SSSR count). The van der Waals surface area contributed by atoms with Gasteiger partial charge in [0.15, 0.2) is 6.61 Å². The zero-order valence-corrected chi connectivity index (χ0v) is 13.4. The van der Waals surface area contributed by atoms with E-state index in [-0.39, 0.29) is 13.2 Å². The Morgan fingerprint density at radius 2 is 2.00 bits per heavy atom. The summed E-state index contributed by atoms with van der Waals surface area (Å²) >= 11 is 5.78. The average molecular weight is 341 g/mol. The van der Waals surface area contributed by atoms with Crippen LogP contribution in [0.25, 0.3) is 5.52 Å². The molecule has 3 aromatic rings. The highest BCUT2D eigenvalue weighted by molar-refractivity contribution is 6.30. The van der Waals surface area contributed by atoms with Crippen LogP contribution in [0.15, 0.2) is 54.9 Å². The van der Waals surface area contributed by atoms with E-state index >= 15 is 0 Å². The van der Waals surface area contributed by atoms with Crippen molar-refractivity contribution in [3.8, 4) is 11.8 Å². The first-order valence-corrected chi connectivity index (χ1v) is 7.58. The third-order valence-electron chi connectivity index (χ3n) is 3.43. The summed E-state index contributed by atoms with van der Waals surface area (Å²) in [5.41, 5.74) is 1.94. The Morgan fingerprint density at radius 1 is 1.21 bits per heavy atom. The predicted octanol–water partition coefficient (Wildman–Crippen LogP) is 3.59. The van der Waals surface area contributed by atoms with E-state index in [1.165, 1.54) is 0 Å². The van der Waals surface area contributed by atoms with E-state index in [1.54, 1.807) is 30.5 Å². The Morgan fingerprint density at radius 3 is 2.75 bits per heavy atom. The highest BCUT2D eigenvalue weighted by Gasteiger charge is 2.12. The van der Waals surface area contributed by atoms with Gasteiger partial charge < -0.3 is 13.9 Å². The van der Waals surface area contributed by atoms with Gasteiger partial charge in [-0.1, -0.05) is 17.7 Å². The van der Waals surface area contributed by atoms with Crippen LogP contribution in [-0.2, 0) is 16.1 Å². The summed E-state index contributed by atoms with van der Waals surface area (Å²) in [4.78, 5) is 11.8. The van der Waals surface area contributed by atoms with E-state index in [1.807, 2.05) is 28.8 Å². The number of rotatable bonds is 5. The standard InChI is InChI=1S/C18H13ClN2O3/c19-14-4-6-15(7-5-14)23-12-18(22)24-11-13-10-21-8-2-1-3-17(21)16(13)9-20/h1-8,10H,11-12H2. The highest BCUT2D eigenvalue weighted by atomic mass is 35.5. The Bertz CT molecular complexity index is 910. The van der Waals surface area contributed by atoms with Gasteiger partial charge in [-0.25, -0.2) is 4.79 Å². The van der Waals surface area contributed by atoms with Gasteiger partial charge in [0.1, 0.15) is 18.4 Å². The maximum atomic E-state index is 11.8. The number of aromatic nitrogens is 1. The zero-order chi connectivity index (χ0) is 16.9. The minimum absolute atomic E-state index is 0.0212. The van der Waals surface area contributed by atoms with Gasteiger partial charge in [0.2, 0.25) is 0 Å². The van der Waals surface area contributed by atoms with Crippen LogP contribution < -0.4 is 4.74 Å². The molecule has 0 bridgehead atoms. The summed E-state index contributed by atoms with van der Waals surface area (Å²) in [5.74, 6) is 0.0211. The summed E-state index contributed by atoms with van der Waals surface area (Å²) in [6, 6.07) is 14.4. The Kier molecular flexibility index (Phi) is 4.69. The molecule has 0 unspecified atom stereocenters. The van der Waals surface area contributed by atoms with Crippen LogP contribution in [0.4, 0.5) is 0 Å². The van der Waals surface area contributed by atoms with Crippen LogP contribution in [0.2, 0.25) is 5.02 Å². The number of pyridine rings is 1. The minimum Gasteiger partial charge on any atom is -0.482 e. The van der Waals surface area contributed by atoms with E-state index in [4.69, 9.17) is 21.1 Å². The van der Waals surface area contributed by atoms with Gasteiger partial charge in [0.05, 0.1) is 11.1 Å². The maximum absolute atomic E-state index is 11.8. The molecule has 0 N–H and O–H groups in total. The number of ether oxygens (including phenoxy) is 2. The quantitative estimate of drug-likeness (QED) is 0.666. The molecule has 1 aromatic carbocycles. The Balaban J connectivity index is 1.60. The first-order valence-electron chi connectivity index (χ1n) is 7.20. The fraction of sp³-hybridized carbons (Fsp3) is 0.111. The number of esters is 1. The summed E-state index contributed by atoms with van der Waals surface area (Å²) in [6.07, 6.45) is 3.62. The number of halogens is 1. The molecule has 2 heterocycles. The number of nitriles is 1. The normalized spacial score (nSPS) is 10.3. The van der Waals surface area contributed by atoms with Crippen molar-refractivity contribution in [1.29, 1.82) is 5.26 Å². The van der Waals surface area contributed by atoms with E-state index in [0.717, 1.165) is 5.52 Å². The van der Waals surface area contributed by atoms with Gasteiger partial charge in [0.25, 0.3) is 0 Å². The second-order valence-corrected chi connectivity index (χ2v) is 5.47. The lowest BCUT2D eigenvalue weighted by molar-refractivity contribution is -0.147. The number of hydrogen-bond donors (Lipinski definition) is 0. The van der Waals surface area contributed by atoms with Gasteiger partial charge in [-0.15, -0.1) is 0 Å².